The molecule has 0 heterocycles. The van der Waals surface area contributed by atoms with Crippen LogP contribution in [-0.2, 0) is 4.74 Å². The van der Waals surface area contributed by atoms with Gasteiger partial charge in [-0.25, -0.2) is 0 Å². The minimum absolute atomic E-state index is 0.0855. The molecule has 0 fully saturated rings. The zero-order chi connectivity index (χ0) is 23.4. The van der Waals surface area contributed by atoms with E-state index in [0.717, 1.165) is 6.54 Å². The molecule has 188 valence electrons. The van der Waals surface area contributed by atoms with Gasteiger partial charge < -0.3 is 15.4 Å². The fourth-order valence-electron chi connectivity index (χ4n) is 4.32. The molecule has 0 unspecified atom stereocenters. The Balaban J connectivity index is 4.22. The molecule has 0 rings (SSSR count). The lowest BCUT2D eigenvalue weighted by Gasteiger charge is -2.32. The molecule has 0 aromatic heterocycles. The monoisotopic (exact) mass is 440 g/mol. The maximum atomic E-state index is 6.56. The first-order valence-electron chi connectivity index (χ1n) is 14.0. The Morgan fingerprint density at radius 3 is 1.35 bits per heavy atom. The van der Waals surface area contributed by atoms with E-state index in [1.165, 1.54) is 116 Å². The Bertz CT molecular complexity index is 347. The lowest BCUT2D eigenvalue weighted by molar-refractivity contribution is -0.0646. The van der Waals surface area contributed by atoms with Gasteiger partial charge >= 0.3 is 0 Å². The topological polar surface area (TPSA) is 38.5 Å². The molecule has 3 nitrogen and oxygen atoms in total. The van der Waals surface area contributed by atoms with Gasteiger partial charge in [0.2, 0.25) is 0 Å². The van der Waals surface area contributed by atoms with Crippen LogP contribution in [0.1, 0.15) is 144 Å². The Labute approximate surface area is 197 Å². The van der Waals surface area contributed by atoms with Gasteiger partial charge in [0, 0.05) is 12.6 Å². The number of hydrogen-bond donors (Lipinski definition) is 1. The van der Waals surface area contributed by atoms with Gasteiger partial charge in [0.05, 0.1) is 11.7 Å². The number of unbranched alkanes of at least 4 members (excludes halogenated alkanes) is 14. The van der Waals surface area contributed by atoms with Crippen molar-refractivity contribution in [2.45, 2.75) is 162 Å². The second kappa shape index (κ2) is 20.5. The van der Waals surface area contributed by atoms with E-state index in [0.29, 0.717) is 0 Å². The minimum Gasteiger partial charge on any atom is -0.371 e. The van der Waals surface area contributed by atoms with Crippen molar-refractivity contribution in [3.8, 4) is 0 Å². The van der Waals surface area contributed by atoms with Gasteiger partial charge in [0.15, 0.2) is 0 Å². The number of nitrogens with zero attached hydrogens (tertiary/aromatic N) is 1. The van der Waals surface area contributed by atoms with Gasteiger partial charge in [-0.05, 0) is 53.6 Å². The number of rotatable bonds is 22. The molecule has 31 heavy (non-hydrogen) atoms. The molecule has 2 atom stereocenters. The van der Waals surface area contributed by atoms with E-state index in [9.17, 15) is 0 Å². The molecule has 0 aliphatic heterocycles. The van der Waals surface area contributed by atoms with Crippen molar-refractivity contribution in [2.24, 2.45) is 5.73 Å². The molecule has 0 saturated heterocycles. The van der Waals surface area contributed by atoms with Crippen LogP contribution in [0.15, 0.2) is 0 Å². The molecular weight excluding hydrogens is 380 g/mol. The summed E-state index contributed by atoms with van der Waals surface area (Å²) >= 11 is 0. The Morgan fingerprint density at radius 1 is 0.645 bits per heavy atom. The Kier molecular flexibility index (Phi) is 20.4. The summed E-state index contributed by atoms with van der Waals surface area (Å²) in [5, 5.41) is 0. The quantitative estimate of drug-likeness (QED) is 0.173. The molecule has 0 aromatic carbocycles. The first-order chi connectivity index (χ1) is 14.8. The van der Waals surface area contributed by atoms with E-state index in [1.807, 2.05) is 0 Å². The summed E-state index contributed by atoms with van der Waals surface area (Å²) in [6.07, 6.45) is 22.2. The van der Waals surface area contributed by atoms with Crippen molar-refractivity contribution in [3.63, 3.8) is 0 Å². The summed E-state index contributed by atoms with van der Waals surface area (Å²) in [6.45, 7) is 16.4. The molecule has 0 aliphatic rings. The minimum atomic E-state index is -0.128. The molecule has 0 aliphatic carbocycles. The van der Waals surface area contributed by atoms with Crippen molar-refractivity contribution >= 4 is 0 Å². The van der Waals surface area contributed by atoms with Gasteiger partial charge in [0.1, 0.15) is 0 Å². The molecule has 0 amide bonds. The lowest BCUT2D eigenvalue weighted by atomic mass is 10.1. The standard InChI is InChI=1S/C28H60N2O/c1-7-9-11-13-15-17-19-21-23-30(24-22-20-18-16-14-12-10-8-2)25-27(29)26(3)31-28(4,5)6/h26-27H,7-25,29H2,1-6H3/t26-,27-/m1/s1. The van der Waals surface area contributed by atoms with E-state index in [2.05, 4.69) is 46.4 Å². The second-order valence-electron chi connectivity index (χ2n) is 10.8. The van der Waals surface area contributed by atoms with Gasteiger partial charge in [-0.3, -0.25) is 0 Å². The first-order valence-corrected chi connectivity index (χ1v) is 14.0. The van der Waals surface area contributed by atoms with Crippen LogP contribution < -0.4 is 5.73 Å². The largest absolute Gasteiger partial charge is 0.371 e. The van der Waals surface area contributed by atoms with Crippen LogP contribution >= 0.6 is 0 Å². The van der Waals surface area contributed by atoms with Crippen LogP contribution in [0.4, 0.5) is 0 Å². The second-order valence-corrected chi connectivity index (χ2v) is 10.8. The summed E-state index contributed by atoms with van der Waals surface area (Å²) in [4.78, 5) is 2.63. The first kappa shape index (κ1) is 30.9. The third-order valence-corrected chi connectivity index (χ3v) is 6.27. The van der Waals surface area contributed by atoms with E-state index in [1.54, 1.807) is 0 Å². The maximum absolute atomic E-state index is 6.56. The van der Waals surface area contributed by atoms with Gasteiger partial charge in [-0.2, -0.15) is 0 Å². The van der Waals surface area contributed by atoms with Crippen LogP contribution in [0, 0.1) is 0 Å². The maximum Gasteiger partial charge on any atom is 0.0717 e. The van der Waals surface area contributed by atoms with E-state index < -0.39 is 0 Å². The van der Waals surface area contributed by atoms with Crippen LogP contribution in [-0.4, -0.2) is 42.3 Å². The van der Waals surface area contributed by atoms with Crippen LogP contribution in [0.2, 0.25) is 0 Å². The molecule has 0 bridgehead atoms. The number of ether oxygens (including phenoxy) is 1. The SMILES string of the molecule is CCCCCCCCCCN(CCCCCCCCCC)C[C@@H](N)[C@@H](C)OC(C)(C)C. The molecule has 2 N–H and O–H groups in total. The molecule has 3 heteroatoms. The average Bonchev–Trinajstić information content (AvgIpc) is 2.70. The van der Waals surface area contributed by atoms with Gasteiger partial charge in [0.25, 0.3) is 0 Å². The highest BCUT2D eigenvalue weighted by Crippen LogP contribution is 2.15. The van der Waals surface area contributed by atoms with Crippen LogP contribution in [0.25, 0.3) is 0 Å². The zero-order valence-corrected chi connectivity index (χ0v) is 22.5. The third-order valence-electron chi connectivity index (χ3n) is 6.27. The van der Waals surface area contributed by atoms with E-state index in [4.69, 9.17) is 10.5 Å². The highest BCUT2D eigenvalue weighted by atomic mass is 16.5. The van der Waals surface area contributed by atoms with Crippen LogP contribution in [0.3, 0.4) is 0 Å². The molecular formula is C28H60N2O. The molecule has 0 spiro atoms. The number of hydrogen-bond acceptors (Lipinski definition) is 3. The molecule has 0 aromatic rings. The fourth-order valence-corrected chi connectivity index (χ4v) is 4.32. The normalized spacial score (nSPS) is 14.3. The van der Waals surface area contributed by atoms with Crippen molar-refractivity contribution in [2.75, 3.05) is 19.6 Å². The van der Waals surface area contributed by atoms with E-state index >= 15 is 0 Å². The summed E-state index contributed by atoms with van der Waals surface area (Å²) < 4.78 is 6.13. The fraction of sp³-hybridized carbons (Fsp3) is 1.00. The van der Waals surface area contributed by atoms with Crippen molar-refractivity contribution in [1.29, 1.82) is 0 Å². The summed E-state index contributed by atoms with van der Waals surface area (Å²) in [6, 6.07) is 0.0855. The Morgan fingerprint density at radius 2 is 1.00 bits per heavy atom. The molecule has 0 saturated carbocycles. The Hall–Kier alpha value is -0.120. The van der Waals surface area contributed by atoms with Gasteiger partial charge in [-0.1, -0.05) is 104 Å². The van der Waals surface area contributed by atoms with Gasteiger partial charge in [-0.15, -0.1) is 0 Å². The van der Waals surface area contributed by atoms with Crippen molar-refractivity contribution in [1.82, 2.24) is 4.90 Å². The summed E-state index contributed by atoms with van der Waals surface area (Å²) in [5.74, 6) is 0. The smallest absolute Gasteiger partial charge is 0.0717 e. The zero-order valence-electron chi connectivity index (χ0n) is 22.5. The highest BCUT2D eigenvalue weighted by molar-refractivity contribution is 4.77. The van der Waals surface area contributed by atoms with Crippen molar-refractivity contribution in [3.05, 3.63) is 0 Å². The van der Waals surface area contributed by atoms with Crippen molar-refractivity contribution < 1.29 is 4.74 Å². The summed E-state index contributed by atoms with van der Waals surface area (Å²) in [7, 11) is 0. The van der Waals surface area contributed by atoms with Crippen LogP contribution in [0.5, 0.6) is 0 Å². The number of nitrogens with two attached hydrogens (primary N) is 1. The highest BCUT2D eigenvalue weighted by Gasteiger charge is 2.22. The molecule has 0 radical (unpaired) electrons. The summed E-state index contributed by atoms with van der Waals surface area (Å²) in [5.41, 5.74) is 6.43. The predicted octanol–water partition coefficient (Wildman–Crippen LogP) is 8.10. The lowest BCUT2D eigenvalue weighted by Crippen LogP contribution is -2.47. The average molecular weight is 441 g/mol. The predicted molar refractivity (Wildman–Crippen MR) is 140 cm³/mol. The van der Waals surface area contributed by atoms with E-state index in [-0.39, 0.29) is 17.7 Å². The third kappa shape index (κ3) is 21.5.